The van der Waals surface area contributed by atoms with Crippen molar-refractivity contribution in [1.82, 2.24) is 14.9 Å². The largest absolute Gasteiger partial charge is 0.870 e. The number of pyridine rings is 1. The van der Waals surface area contributed by atoms with Crippen LogP contribution in [-0.4, -0.2) is 20.4 Å². The van der Waals surface area contributed by atoms with Crippen LogP contribution in [0, 0.1) is 6.92 Å². The maximum absolute atomic E-state index is 12.8. The lowest BCUT2D eigenvalue weighted by Crippen LogP contribution is -2.44. The third-order valence-electron chi connectivity index (χ3n) is 4.24. The first-order valence-electron chi connectivity index (χ1n) is 7.43. The highest BCUT2D eigenvalue weighted by molar-refractivity contribution is 5.37. The van der Waals surface area contributed by atoms with E-state index in [9.17, 15) is 4.79 Å². The van der Waals surface area contributed by atoms with Crippen molar-refractivity contribution in [2.75, 3.05) is 0 Å². The maximum atomic E-state index is 12.8. The van der Waals surface area contributed by atoms with Crippen molar-refractivity contribution in [2.24, 2.45) is 0 Å². The molecule has 23 heavy (non-hydrogen) atoms. The second-order valence-corrected chi connectivity index (χ2v) is 5.85. The van der Waals surface area contributed by atoms with E-state index in [4.69, 9.17) is 0 Å². The van der Waals surface area contributed by atoms with Crippen LogP contribution in [0.5, 0.6) is 0 Å². The molecule has 0 bridgehead atoms. The molecule has 0 fully saturated rings. The molecule has 0 saturated heterocycles. The number of fused-ring (bicyclic) bond motifs is 3. The van der Waals surface area contributed by atoms with Gasteiger partial charge in [0, 0.05) is 17.2 Å². The van der Waals surface area contributed by atoms with E-state index in [-0.39, 0.29) is 17.0 Å². The van der Waals surface area contributed by atoms with Gasteiger partial charge >= 0.3 is 5.56 Å². The molecule has 6 heteroatoms. The highest BCUT2D eigenvalue weighted by Crippen LogP contribution is 2.24. The quantitative estimate of drug-likeness (QED) is 0.693. The fourth-order valence-corrected chi connectivity index (χ4v) is 3.12. The van der Waals surface area contributed by atoms with Gasteiger partial charge in [-0.05, 0) is 31.5 Å². The van der Waals surface area contributed by atoms with Gasteiger partial charge in [0.05, 0.1) is 6.20 Å². The molecule has 4 rings (SSSR count). The number of para-hydroxylation sites is 1. The molecule has 3 aromatic rings. The lowest BCUT2D eigenvalue weighted by Gasteiger charge is -2.16. The van der Waals surface area contributed by atoms with E-state index < -0.39 is 0 Å². The molecular formula is C17H18N4O2. The molecule has 0 radical (unpaired) electrons. The second kappa shape index (κ2) is 5.48. The molecule has 1 unspecified atom stereocenters. The summed E-state index contributed by atoms with van der Waals surface area (Å²) in [5, 5.41) is 3.21. The number of aromatic amines is 1. The van der Waals surface area contributed by atoms with E-state index >= 15 is 0 Å². The number of aromatic nitrogens is 4. The van der Waals surface area contributed by atoms with Crippen molar-refractivity contribution in [3.8, 4) is 11.4 Å². The molecule has 6 nitrogen and oxygen atoms in total. The Hall–Kier alpha value is -2.73. The minimum Gasteiger partial charge on any atom is -0.870 e. The van der Waals surface area contributed by atoms with Gasteiger partial charge in [-0.2, -0.15) is 0 Å². The summed E-state index contributed by atoms with van der Waals surface area (Å²) in [5.41, 5.74) is 4.77. The third kappa shape index (κ3) is 2.27. The standard InChI is InChI=1S/C17H16N4O.H2O/c1-11-9-13-5-3-4-6-15(13)21-16(11)17(22)20(19-21)14-8-7-12(2)18-10-14;/h3-8,10-11H,9H2,1-2H3;1H2. The third-order valence-corrected chi connectivity index (χ3v) is 4.24. The highest BCUT2D eigenvalue weighted by atomic mass is 16.1. The van der Waals surface area contributed by atoms with Crippen LogP contribution in [0.3, 0.4) is 0 Å². The average Bonchev–Trinajstić information content (AvgIpc) is 2.87. The zero-order valence-corrected chi connectivity index (χ0v) is 13.0. The van der Waals surface area contributed by atoms with E-state index in [2.05, 4.69) is 23.2 Å². The van der Waals surface area contributed by atoms with Gasteiger partial charge in [-0.15, -0.1) is 4.68 Å². The van der Waals surface area contributed by atoms with Gasteiger partial charge < -0.3 is 5.48 Å². The first-order chi connectivity index (χ1) is 10.6. The lowest BCUT2D eigenvalue weighted by molar-refractivity contribution is -0.672. The summed E-state index contributed by atoms with van der Waals surface area (Å²) in [6.45, 7) is 4.02. The Morgan fingerprint density at radius 2 is 2.04 bits per heavy atom. The number of rotatable bonds is 1. The Balaban J connectivity index is 0.00000156. The summed E-state index contributed by atoms with van der Waals surface area (Å²) in [5.74, 6) is 0.179. The Kier molecular flexibility index (Phi) is 3.61. The van der Waals surface area contributed by atoms with Crippen LogP contribution >= 0.6 is 0 Å². The van der Waals surface area contributed by atoms with Gasteiger partial charge in [-0.25, -0.2) is 4.79 Å². The zero-order valence-electron chi connectivity index (χ0n) is 13.0. The van der Waals surface area contributed by atoms with Crippen LogP contribution in [0.1, 0.15) is 29.8 Å². The van der Waals surface area contributed by atoms with E-state index in [0.717, 1.165) is 29.2 Å². The minimum atomic E-state index is -0.00680. The molecule has 1 aliphatic heterocycles. The molecule has 0 saturated carbocycles. The normalized spacial score (nSPS) is 15.5. The van der Waals surface area contributed by atoms with Crippen molar-refractivity contribution in [2.45, 2.75) is 26.2 Å². The topological polar surface area (TPSA) is 84.6 Å². The first-order valence-corrected chi connectivity index (χ1v) is 7.43. The summed E-state index contributed by atoms with van der Waals surface area (Å²) in [4.78, 5) is 17.1. The summed E-state index contributed by atoms with van der Waals surface area (Å²) < 4.78 is 3.48. The molecule has 1 aliphatic rings. The number of hydrogen-bond acceptors (Lipinski definition) is 3. The van der Waals surface area contributed by atoms with Crippen molar-refractivity contribution >= 4 is 0 Å². The van der Waals surface area contributed by atoms with Crippen LogP contribution in [0.25, 0.3) is 11.4 Å². The summed E-state index contributed by atoms with van der Waals surface area (Å²) in [7, 11) is 0. The lowest BCUT2D eigenvalue weighted by atomic mass is 9.93. The minimum absolute atomic E-state index is 0. The SMILES string of the molecule is Cc1ccc(-n2[nH][n+]3c(c2=O)C(C)Cc2ccccc2-3)cn1.[OH-]. The predicted molar refractivity (Wildman–Crippen MR) is 84.5 cm³/mol. The van der Waals surface area contributed by atoms with Crippen LogP contribution < -0.4 is 10.2 Å². The number of benzene rings is 1. The smallest absolute Gasteiger partial charge is 0.402 e. The fraction of sp³-hybridized carbons (Fsp3) is 0.235. The number of H-pyrrole nitrogens is 1. The molecule has 1 aromatic carbocycles. The monoisotopic (exact) mass is 310 g/mol. The predicted octanol–water partition coefficient (Wildman–Crippen LogP) is 1.63. The van der Waals surface area contributed by atoms with Gasteiger partial charge in [-0.3, -0.25) is 4.98 Å². The van der Waals surface area contributed by atoms with E-state index in [0.29, 0.717) is 0 Å². The van der Waals surface area contributed by atoms with Crippen molar-refractivity contribution in [1.29, 1.82) is 0 Å². The van der Waals surface area contributed by atoms with Gasteiger partial charge in [0.1, 0.15) is 0 Å². The number of nitrogens with one attached hydrogen (secondary N) is 1. The van der Waals surface area contributed by atoms with Crippen molar-refractivity contribution in [3.63, 3.8) is 0 Å². The molecule has 0 amide bonds. The van der Waals surface area contributed by atoms with Crippen molar-refractivity contribution < 1.29 is 10.2 Å². The Morgan fingerprint density at radius 1 is 1.26 bits per heavy atom. The number of aryl methyl sites for hydroxylation is 1. The second-order valence-electron chi connectivity index (χ2n) is 5.85. The summed E-state index contributed by atoms with van der Waals surface area (Å²) >= 11 is 0. The van der Waals surface area contributed by atoms with Crippen LogP contribution in [-0.2, 0) is 6.42 Å². The fourth-order valence-electron chi connectivity index (χ4n) is 3.12. The van der Waals surface area contributed by atoms with Gasteiger partial charge in [0.2, 0.25) is 5.69 Å². The van der Waals surface area contributed by atoms with Gasteiger partial charge in [0.25, 0.3) is 0 Å². The molecule has 1 atom stereocenters. The maximum Gasteiger partial charge on any atom is 0.402 e. The van der Waals surface area contributed by atoms with Crippen molar-refractivity contribution in [3.05, 3.63) is 69.9 Å². The molecule has 3 heterocycles. The van der Waals surface area contributed by atoms with Gasteiger partial charge in [-0.1, -0.05) is 35.0 Å². The highest BCUT2D eigenvalue weighted by Gasteiger charge is 2.34. The molecule has 2 aromatic heterocycles. The summed E-state index contributed by atoms with van der Waals surface area (Å²) in [6, 6.07) is 12.0. The van der Waals surface area contributed by atoms with E-state index in [1.54, 1.807) is 10.9 Å². The van der Waals surface area contributed by atoms with Crippen LogP contribution in [0.2, 0.25) is 0 Å². The molecule has 118 valence electrons. The van der Waals surface area contributed by atoms with Crippen LogP contribution in [0.4, 0.5) is 0 Å². The molecule has 0 spiro atoms. The number of hydrogen-bond donors (Lipinski definition) is 1. The average molecular weight is 310 g/mol. The van der Waals surface area contributed by atoms with E-state index in [1.807, 2.05) is 41.9 Å². The first kappa shape index (κ1) is 15.2. The zero-order chi connectivity index (χ0) is 15.3. The van der Waals surface area contributed by atoms with E-state index in [1.165, 1.54) is 5.56 Å². The number of nitrogens with zero attached hydrogens (tertiary/aromatic N) is 3. The summed E-state index contributed by atoms with van der Waals surface area (Å²) in [6.07, 6.45) is 2.60. The Morgan fingerprint density at radius 3 is 2.78 bits per heavy atom. The molecule has 0 aliphatic carbocycles. The molecular weight excluding hydrogens is 292 g/mol. The van der Waals surface area contributed by atoms with Gasteiger partial charge in [0.15, 0.2) is 11.4 Å². The van der Waals surface area contributed by atoms with Crippen LogP contribution in [0.15, 0.2) is 47.4 Å². The Bertz CT molecular complexity index is 909. The Labute approximate surface area is 133 Å². The molecule has 2 N–H and O–H groups in total.